The maximum absolute atomic E-state index is 5.99. The van der Waals surface area contributed by atoms with Crippen LogP contribution in [0.4, 0.5) is 0 Å². The molecule has 0 spiro atoms. The predicted molar refractivity (Wildman–Crippen MR) is 69.1 cm³/mol. The molecule has 3 rings (SSSR count). The van der Waals surface area contributed by atoms with Gasteiger partial charge in [0.15, 0.2) is 0 Å². The number of benzene rings is 1. The maximum atomic E-state index is 5.99. The van der Waals surface area contributed by atoms with Crippen molar-refractivity contribution in [1.82, 2.24) is 5.32 Å². The standard InChI is InChI=1S/C15H21NO/c1-15(6-2-3-7-15)11-17-14-5-4-12-9-16-10-13(12)8-14/h4-5,8,16H,2-3,6-7,9-11H2,1H3. The number of ether oxygens (including phenoxy) is 1. The fraction of sp³-hybridized carbons (Fsp3) is 0.600. The van der Waals surface area contributed by atoms with E-state index in [0.717, 1.165) is 25.4 Å². The maximum Gasteiger partial charge on any atom is 0.119 e. The molecule has 1 N–H and O–H groups in total. The monoisotopic (exact) mass is 231 g/mol. The zero-order valence-electron chi connectivity index (χ0n) is 10.6. The number of rotatable bonds is 3. The Morgan fingerprint density at radius 3 is 2.76 bits per heavy atom. The molecule has 2 aliphatic rings. The van der Waals surface area contributed by atoms with Crippen LogP contribution in [0.25, 0.3) is 0 Å². The first-order valence-corrected chi connectivity index (χ1v) is 6.71. The first-order chi connectivity index (χ1) is 8.25. The van der Waals surface area contributed by atoms with Gasteiger partial charge in [-0.2, -0.15) is 0 Å². The normalized spacial score (nSPS) is 21.5. The SMILES string of the molecule is CC1(COc2ccc3c(c2)CNC3)CCCC1. The summed E-state index contributed by atoms with van der Waals surface area (Å²) in [6, 6.07) is 6.51. The highest BCUT2D eigenvalue weighted by Crippen LogP contribution is 2.38. The lowest BCUT2D eigenvalue weighted by molar-refractivity contribution is 0.168. The van der Waals surface area contributed by atoms with E-state index in [9.17, 15) is 0 Å². The highest BCUT2D eigenvalue weighted by molar-refractivity contribution is 5.37. The van der Waals surface area contributed by atoms with Crippen molar-refractivity contribution in [2.75, 3.05) is 6.61 Å². The van der Waals surface area contributed by atoms with Gasteiger partial charge in [0, 0.05) is 18.5 Å². The van der Waals surface area contributed by atoms with Crippen LogP contribution in [0, 0.1) is 5.41 Å². The third-order valence-corrected chi connectivity index (χ3v) is 4.21. The van der Waals surface area contributed by atoms with Crippen LogP contribution in [0.1, 0.15) is 43.7 Å². The van der Waals surface area contributed by atoms with Crippen molar-refractivity contribution in [1.29, 1.82) is 0 Å². The van der Waals surface area contributed by atoms with Gasteiger partial charge < -0.3 is 10.1 Å². The van der Waals surface area contributed by atoms with Crippen LogP contribution in [0.2, 0.25) is 0 Å². The van der Waals surface area contributed by atoms with Crippen molar-refractivity contribution in [2.45, 2.75) is 45.7 Å². The van der Waals surface area contributed by atoms with Crippen molar-refractivity contribution in [3.63, 3.8) is 0 Å². The summed E-state index contributed by atoms with van der Waals surface area (Å²) in [5.74, 6) is 1.04. The molecule has 1 aliphatic heterocycles. The lowest BCUT2D eigenvalue weighted by atomic mass is 9.90. The Labute approximate surface area is 103 Å². The van der Waals surface area contributed by atoms with Gasteiger partial charge in [0.05, 0.1) is 6.61 Å². The smallest absolute Gasteiger partial charge is 0.119 e. The topological polar surface area (TPSA) is 21.3 Å². The van der Waals surface area contributed by atoms with E-state index in [1.165, 1.54) is 36.8 Å². The van der Waals surface area contributed by atoms with E-state index in [2.05, 4.69) is 30.4 Å². The predicted octanol–water partition coefficient (Wildman–Crippen LogP) is 3.25. The van der Waals surface area contributed by atoms with E-state index in [1.54, 1.807) is 0 Å². The van der Waals surface area contributed by atoms with Gasteiger partial charge in [-0.05, 0) is 36.1 Å². The zero-order chi connectivity index (χ0) is 11.7. The van der Waals surface area contributed by atoms with Gasteiger partial charge in [0.2, 0.25) is 0 Å². The Morgan fingerprint density at radius 1 is 1.18 bits per heavy atom. The minimum Gasteiger partial charge on any atom is -0.493 e. The largest absolute Gasteiger partial charge is 0.493 e. The van der Waals surface area contributed by atoms with Crippen molar-refractivity contribution < 1.29 is 4.74 Å². The molecule has 0 bridgehead atoms. The molecule has 0 saturated heterocycles. The molecule has 92 valence electrons. The first kappa shape index (κ1) is 11.1. The van der Waals surface area contributed by atoms with Gasteiger partial charge >= 0.3 is 0 Å². The Bertz CT molecular complexity index is 407. The second-order valence-corrected chi connectivity index (χ2v) is 5.84. The van der Waals surface area contributed by atoms with Crippen LogP contribution in [0.5, 0.6) is 5.75 Å². The summed E-state index contributed by atoms with van der Waals surface area (Å²) in [5.41, 5.74) is 3.24. The quantitative estimate of drug-likeness (QED) is 0.862. The second kappa shape index (κ2) is 4.34. The van der Waals surface area contributed by atoms with Crippen LogP contribution in [-0.4, -0.2) is 6.61 Å². The summed E-state index contributed by atoms with van der Waals surface area (Å²) in [6.07, 6.45) is 5.38. The molecule has 2 heteroatoms. The number of nitrogens with one attached hydrogen (secondary N) is 1. The van der Waals surface area contributed by atoms with Gasteiger partial charge in [-0.15, -0.1) is 0 Å². The molecule has 1 aromatic rings. The Hall–Kier alpha value is -1.02. The minimum absolute atomic E-state index is 0.414. The number of hydrogen-bond donors (Lipinski definition) is 1. The van der Waals surface area contributed by atoms with E-state index in [0.29, 0.717) is 5.41 Å². The molecule has 0 amide bonds. The van der Waals surface area contributed by atoms with Crippen molar-refractivity contribution >= 4 is 0 Å². The first-order valence-electron chi connectivity index (χ1n) is 6.71. The lowest BCUT2D eigenvalue weighted by Gasteiger charge is -2.23. The molecule has 2 nitrogen and oxygen atoms in total. The second-order valence-electron chi connectivity index (χ2n) is 5.84. The van der Waals surface area contributed by atoms with Gasteiger partial charge in [-0.25, -0.2) is 0 Å². The molecule has 1 fully saturated rings. The van der Waals surface area contributed by atoms with Crippen molar-refractivity contribution in [3.8, 4) is 5.75 Å². The summed E-state index contributed by atoms with van der Waals surface area (Å²) in [7, 11) is 0. The third-order valence-electron chi connectivity index (χ3n) is 4.21. The molecule has 1 aromatic carbocycles. The minimum atomic E-state index is 0.414. The van der Waals surface area contributed by atoms with Crippen molar-refractivity contribution in [2.24, 2.45) is 5.41 Å². The number of hydrogen-bond acceptors (Lipinski definition) is 2. The van der Waals surface area contributed by atoms with Gasteiger partial charge in [-0.3, -0.25) is 0 Å². The summed E-state index contributed by atoms with van der Waals surface area (Å²) < 4.78 is 5.99. The summed E-state index contributed by atoms with van der Waals surface area (Å²) in [5, 5.41) is 3.36. The van der Waals surface area contributed by atoms with Crippen LogP contribution in [0.3, 0.4) is 0 Å². The number of fused-ring (bicyclic) bond motifs is 1. The molecule has 0 atom stereocenters. The average molecular weight is 231 g/mol. The fourth-order valence-electron chi connectivity index (χ4n) is 2.99. The highest BCUT2D eigenvalue weighted by Gasteiger charge is 2.29. The summed E-state index contributed by atoms with van der Waals surface area (Å²) in [6.45, 7) is 5.23. The van der Waals surface area contributed by atoms with Crippen LogP contribution < -0.4 is 10.1 Å². The van der Waals surface area contributed by atoms with Crippen LogP contribution in [-0.2, 0) is 13.1 Å². The van der Waals surface area contributed by atoms with Crippen LogP contribution in [0.15, 0.2) is 18.2 Å². The molecule has 1 heterocycles. The van der Waals surface area contributed by atoms with Gasteiger partial charge in [0.1, 0.15) is 5.75 Å². The third kappa shape index (κ3) is 2.32. The average Bonchev–Trinajstić information content (AvgIpc) is 2.95. The molecular formula is C15H21NO. The Kier molecular flexibility index (Phi) is 2.83. The molecule has 1 aliphatic carbocycles. The molecule has 0 aromatic heterocycles. The summed E-state index contributed by atoms with van der Waals surface area (Å²) in [4.78, 5) is 0. The molecule has 17 heavy (non-hydrogen) atoms. The van der Waals surface area contributed by atoms with Gasteiger partial charge in [0.25, 0.3) is 0 Å². The van der Waals surface area contributed by atoms with E-state index in [-0.39, 0.29) is 0 Å². The van der Waals surface area contributed by atoms with E-state index < -0.39 is 0 Å². The molecule has 0 unspecified atom stereocenters. The van der Waals surface area contributed by atoms with E-state index in [4.69, 9.17) is 4.74 Å². The molecule has 1 saturated carbocycles. The zero-order valence-corrected chi connectivity index (χ0v) is 10.6. The summed E-state index contributed by atoms with van der Waals surface area (Å²) >= 11 is 0. The van der Waals surface area contributed by atoms with Gasteiger partial charge in [-0.1, -0.05) is 25.8 Å². The fourth-order valence-corrected chi connectivity index (χ4v) is 2.99. The molecular weight excluding hydrogens is 210 g/mol. The van der Waals surface area contributed by atoms with Crippen LogP contribution >= 0.6 is 0 Å². The Morgan fingerprint density at radius 2 is 1.94 bits per heavy atom. The van der Waals surface area contributed by atoms with E-state index in [1.807, 2.05) is 0 Å². The van der Waals surface area contributed by atoms with E-state index >= 15 is 0 Å². The highest BCUT2D eigenvalue weighted by atomic mass is 16.5. The molecule has 0 radical (unpaired) electrons. The Balaban J connectivity index is 1.65. The van der Waals surface area contributed by atoms with Crippen molar-refractivity contribution in [3.05, 3.63) is 29.3 Å². The lowest BCUT2D eigenvalue weighted by Crippen LogP contribution is -2.21.